The van der Waals surface area contributed by atoms with Gasteiger partial charge in [-0.2, -0.15) is 4.31 Å². The van der Waals surface area contributed by atoms with E-state index in [4.69, 9.17) is 4.74 Å². The summed E-state index contributed by atoms with van der Waals surface area (Å²) in [5.41, 5.74) is 0. The molecular formula is C14H22N3O3S+. The van der Waals surface area contributed by atoms with Crippen LogP contribution in [0.5, 0.6) is 0 Å². The lowest BCUT2D eigenvalue weighted by Gasteiger charge is -2.25. The molecule has 7 heteroatoms. The van der Waals surface area contributed by atoms with Crippen molar-refractivity contribution in [1.29, 1.82) is 0 Å². The van der Waals surface area contributed by atoms with Crippen molar-refractivity contribution in [3.8, 4) is 0 Å². The van der Waals surface area contributed by atoms with E-state index in [9.17, 15) is 8.42 Å². The summed E-state index contributed by atoms with van der Waals surface area (Å²) in [5.74, 6) is 1.60. The zero-order valence-electron chi connectivity index (χ0n) is 12.2. The Bertz CT molecular complexity index is 578. The molecule has 2 heterocycles. The molecule has 21 heavy (non-hydrogen) atoms. The van der Waals surface area contributed by atoms with Gasteiger partial charge in [0.1, 0.15) is 11.1 Å². The van der Waals surface area contributed by atoms with E-state index < -0.39 is 10.0 Å². The maximum Gasteiger partial charge on any atom is 0.272 e. The summed E-state index contributed by atoms with van der Waals surface area (Å²) in [6.45, 7) is 3.91. The van der Waals surface area contributed by atoms with Crippen molar-refractivity contribution >= 4 is 15.8 Å². The van der Waals surface area contributed by atoms with E-state index in [0.717, 1.165) is 11.7 Å². The van der Waals surface area contributed by atoms with Crippen molar-refractivity contribution in [3.63, 3.8) is 0 Å². The van der Waals surface area contributed by atoms with Crippen LogP contribution in [-0.4, -0.2) is 45.1 Å². The second kappa shape index (κ2) is 5.90. The lowest BCUT2D eigenvalue weighted by Crippen LogP contribution is -2.40. The summed E-state index contributed by atoms with van der Waals surface area (Å²) >= 11 is 0. The van der Waals surface area contributed by atoms with E-state index in [2.05, 4.69) is 17.2 Å². The second-order valence-corrected chi connectivity index (χ2v) is 7.66. The lowest BCUT2D eigenvalue weighted by atomic mass is 10.2. The molecule has 3 rings (SSSR count). The third kappa shape index (κ3) is 3.36. The molecule has 1 aliphatic carbocycles. The third-order valence-electron chi connectivity index (χ3n) is 4.10. The van der Waals surface area contributed by atoms with Gasteiger partial charge >= 0.3 is 0 Å². The molecule has 2 N–H and O–H groups in total. The minimum absolute atomic E-state index is 0.300. The van der Waals surface area contributed by atoms with Gasteiger partial charge in [-0.3, -0.25) is 5.32 Å². The van der Waals surface area contributed by atoms with Crippen LogP contribution in [0.1, 0.15) is 19.8 Å². The summed E-state index contributed by atoms with van der Waals surface area (Å²) in [7, 11) is -3.42. The number of nitrogens with one attached hydrogen (secondary N) is 2. The zero-order valence-corrected chi connectivity index (χ0v) is 13.0. The van der Waals surface area contributed by atoms with Crippen LogP contribution in [0.15, 0.2) is 23.2 Å². The van der Waals surface area contributed by atoms with Crippen LogP contribution in [0.3, 0.4) is 0 Å². The Kier molecular flexibility index (Phi) is 4.14. The number of aromatic amines is 1. The molecular weight excluding hydrogens is 290 g/mol. The summed E-state index contributed by atoms with van der Waals surface area (Å²) < 4.78 is 31.6. The Labute approximate surface area is 125 Å². The fourth-order valence-electron chi connectivity index (χ4n) is 2.56. The van der Waals surface area contributed by atoms with Gasteiger partial charge in [-0.05, 0) is 31.7 Å². The quantitative estimate of drug-likeness (QED) is 0.870. The number of rotatable bonds is 5. The highest BCUT2D eigenvalue weighted by Crippen LogP contribution is 2.33. The highest BCUT2D eigenvalue weighted by molar-refractivity contribution is 7.89. The molecule has 1 atom stereocenters. The monoisotopic (exact) mass is 312 g/mol. The van der Waals surface area contributed by atoms with E-state index in [1.807, 2.05) is 0 Å². The molecule has 0 amide bonds. The molecule has 1 saturated carbocycles. The van der Waals surface area contributed by atoms with E-state index >= 15 is 0 Å². The predicted octanol–water partition coefficient (Wildman–Crippen LogP) is 0.732. The molecule has 1 aliphatic heterocycles. The molecule has 116 valence electrons. The summed E-state index contributed by atoms with van der Waals surface area (Å²) in [6.07, 6.45) is 4.11. The minimum atomic E-state index is -3.42. The van der Waals surface area contributed by atoms with Crippen molar-refractivity contribution < 1.29 is 18.1 Å². The smallest absolute Gasteiger partial charge is 0.272 e. The Morgan fingerprint density at radius 1 is 1.33 bits per heavy atom. The van der Waals surface area contributed by atoms with E-state index in [-0.39, 0.29) is 0 Å². The average molecular weight is 312 g/mol. The minimum Gasteiger partial charge on any atom is -0.379 e. The molecule has 0 bridgehead atoms. The van der Waals surface area contributed by atoms with Crippen molar-refractivity contribution in [2.45, 2.75) is 30.7 Å². The fraction of sp³-hybridized carbons (Fsp3) is 0.643. The van der Waals surface area contributed by atoms with Crippen LogP contribution in [-0.2, 0) is 14.8 Å². The molecule has 0 unspecified atom stereocenters. The van der Waals surface area contributed by atoms with Crippen LogP contribution in [0, 0.1) is 5.92 Å². The molecule has 0 spiro atoms. The van der Waals surface area contributed by atoms with Gasteiger partial charge in [0.2, 0.25) is 10.0 Å². The highest BCUT2D eigenvalue weighted by atomic mass is 32.2. The first-order valence-electron chi connectivity index (χ1n) is 7.43. The molecule has 0 radical (unpaired) electrons. The average Bonchev–Trinajstić information content (AvgIpc) is 3.33. The van der Waals surface area contributed by atoms with Gasteiger partial charge in [-0.1, -0.05) is 0 Å². The van der Waals surface area contributed by atoms with Crippen molar-refractivity contribution in [3.05, 3.63) is 18.3 Å². The van der Waals surface area contributed by atoms with Gasteiger partial charge < -0.3 is 4.74 Å². The first-order valence-corrected chi connectivity index (χ1v) is 8.87. The SMILES string of the molecule is C[C@@H](Nc1ccc(S(=O)(=O)N2CCOCC2)c[nH+]1)C1CC1. The molecule has 6 nitrogen and oxygen atoms in total. The molecule has 2 aliphatic rings. The number of morpholine rings is 1. The molecule has 1 aromatic heterocycles. The predicted molar refractivity (Wildman–Crippen MR) is 78.4 cm³/mol. The van der Waals surface area contributed by atoms with Crippen LogP contribution in [0.4, 0.5) is 5.82 Å². The maximum atomic E-state index is 12.5. The Morgan fingerprint density at radius 3 is 2.62 bits per heavy atom. The van der Waals surface area contributed by atoms with E-state index in [1.165, 1.54) is 17.1 Å². The summed E-state index contributed by atoms with van der Waals surface area (Å²) in [6, 6.07) is 3.87. The number of nitrogens with zero attached hydrogens (tertiary/aromatic N) is 1. The van der Waals surface area contributed by atoms with E-state index in [1.54, 1.807) is 18.3 Å². The third-order valence-corrected chi connectivity index (χ3v) is 6.00. The summed E-state index contributed by atoms with van der Waals surface area (Å²) in [4.78, 5) is 3.35. The molecule has 2 fully saturated rings. The number of pyridine rings is 1. The molecule has 1 aromatic rings. The Morgan fingerprint density at radius 2 is 2.05 bits per heavy atom. The fourth-order valence-corrected chi connectivity index (χ4v) is 3.93. The van der Waals surface area contributed by atoms with Gasteiger partial charge in [0.25, 0.3) is 5.82 Å². The lowest BCUT2D eigenvalue weighted by molar-refractivity contribution is -0.364. The molecule has 1 saturated heterocycles. The molecule has 0 aromatic carbocycles. The number of hydrogen-bond donors (Lipinski definition) is 1. The van der Waals surface area contributed by atoms with E-state index in [0.29, 0.717) is 37.2 Å². The number of hydrogen-bond acceptors (Lipinski definition) is 4. The van der Waals surface area contributed by atoms with Crippen molar-refractivity contribution in [2.24, 2.45) is 5.92 Å². The number of ether oxygens (including phenoxy) is 1. The van der Waals surface area contributed by atoms with Crippen molar-refractivity contribution in [2.75, 3.05) is 31.6 Å². The Hall–Kier alpha value is -1.18. The van der Waals surface area contributed by atoms with Crippen LogP contribution >= 0.6 is 0 Å². The van der Waals surface area contributed by atoms with Crippen LogP contribution in [0.25, 0.3) is 0 Å². The second-order valence-electron chi connectivity index (χ2n) is 5.72. The van der Waals surface area contributed by atoms with Gasteiger partial charge in [0, 0.05) is 19.2 Å². The Balaban J connectivity index is 1.70. The number of anilines is 1. The maximum absolute atomic E-state index is 12.5. The standard InChI is InChI=1S/C14H21N3O3S/c1-11(12-2-3-12)16-14-5-4-13(10-15-14)21(18,19)17-6-8-20-9-7-17/h4-5,10-12H,2-3,6-9H2,1H3,(H,15,16)/p+1/t11-/m1/s1. The number of aromatic nitrogens is 1. The van der Waals surface area contributed by atoms with Crippen LogP contribution in [0.2, 0.25) is 0 Å². The van der Waals surface area contributed by atoms with Gasteiger partial charge in [0.05, 0.1) is 19.3 Å². The summed E-state index contributed by atoms with van der Waals surface area (Å²) in [5, 5.41) is 3.38. The first-order chi connectivity index (χ1) is 10.1. The highest BCUT2D eigenvalue weighted by Gasteiger charge is 2.31. The first kappa shape index (κ1) is 14.7. The van der Waals surface area contributed by atoms with Crippen molar-refractivity contribution in [1.82, 2.24) is 4.31 Å². The largest absolute Gasteiger partial charge is 0.379 e. The number of sulfonamides is 1. The zero-order chi connectivity index (χ0) is 14.9. The number of H-pyrrole nitrogens is 1. The van der Waals surface area contributed by atoms with Gasteiger partial charge in [-0.25, -0.2) is 13.4 Å². The van der Waals surface area contributed by atoms with Gasteiger partial charge in [-0.15, -0.1) is 0 Å². The van der Waals surface area contributed by atoms with Crippen LogP contribution < -0.4 is 10.3 Å². The topological polar surface area (TPSA) is 72.8 Å². The normalized spacial score (nSPS) is 22.0. The van der Waals surface area contributed by atoms with Gasteiger partial charge in [0.15, 0.2) is 0 Å².